The first kappa shape index (κ1) is 14.1. The van der Waals surface area contributed by atoms with Crippen molar-refractivity contribution in [2.75, 3.05) is 0 Å². The van der Waals surface area contributed by atoms with Crippen molar-refractivity contribution in [3.63, 3.8) is 0 Å². The number of nitrogens with zero attached hydrogens (tertiary/aromatic N) is 1. The predicted octanol–water partition coefficient (Wildman–Crippen LogP) is 4.54. The molecule has 92 valence electrons. The van der Waals surface area contributed by atoms with Crippen LogP contribution in [0, 0.1) is 0 Å². The fourth-order valence-corrected chi connectivity index (χ4v) is 2.46. The average molecular weight is 282 g/mol. The van der Waals surface area contributed by atoms with Gasteiger partial charge in [-0.2, -0.15) is 4.37 Å². The number of hydrogen-bond donors (Lipinski definition) is 1. The van der Waals surface area contributed by atoms with Crippen molar-refractivity contribution in [1.82, 2.24) is 4.37 Å². The van der Waals surface area contributed by atoms with Crippen molar-refractivity contribution in [3.8, 4) is 5.75 Å². The molecule has 16 heavy (non-hydrogen) atoms. The van der Waals surface area contributed by atoms with Gasteiger partial charge in [0.15, 0.2) is 0 Å². The number of alkyl halides is 2. The van der Waals surface area contributed by atoms with Crippen LogP contribution in [0.15, 0.2) is 5.38 Å². The Labute approximate surface area is 111 Å². The lowest BCUT2D eigenvalue weighted by molar-refractivity contribution is 0.466. The fourth-order valence-electron chi connectivity index (χ4n) is 1.55. The molecule has 0 amide bonds. The van der Waals surface area contributed by atoms with Gasteiger partial charge in [-0.15, -0.1) is 23.2 Å². The van der Waals surface area contributed by atoms with Gasteiger partial charge in [-0.1, -0.05) is 25.7 Å². The van der Waals surface area contributed by atoms with Gasteiger partial charge in [-0.3, -0.25) is 0 Å². The van der Waals surface area contributed by atoms with E-state index in [0.29, 0.717) is 5.75 Å². The molecule has 2 nitrogen and oxygen atoms in total. The van der Waals surface area contributed by atoms with E-state index in [9.17, 15) is 5.11 Å². The molecule has 0 saturated carbocycles. The molecule has 1 N–H and O–H groups in total. The van der Waals surface area contributed by atoms with Gasteiger partial charge >= 0.3 is 0 Å². The van der Waals surface area contributed by atoms with Crippen LogP contribution in [0.1, 0.15) is 44.2 Å². The van der Waals surface area contributed by atoms with Gasteiger partial charge in [0.25, 0.3) is 0 Å². The molecule has 0 aromatic carbocycles. The molecule has 0 spiro atoms. The summed E-state index contributed by atoms with van der Waals surface area (Å²) < 4.78 is 4.13. The highest BCUT2D eigenvalue weighted by Crippen LogP contribution is 2.20. The third-order valence-corrected chi connectivity index (χ3v) is 3.55. The van der Waals surface area contributed by atoms with E-state index in [1.807, 2.05) is 0 Å². The van der Waals surface area contributed by atoms with E-state index >= 15 is 0 Å². The van der Waals surface area contributed by atoms with Gasteiger partial charge in [0.05, 0.1) is 11.1 Å². The molecule has 0 atom stereocenters. The molecule has 0 unspecified atom stereocenters. The molecule has 1 rings (SSSR count). The van der Waals surface area contributed by atoms with Crippen molar-refractivity contribution >= 4 is 34.7 Å². The van der Waals surface area contributed by atoms with E-state index < -0.39 is 0 Å². The summed E-state index contributed by atoms with van der Waals surface area (Å²) in [4.78, 5) is -0.216. The van der Waals surface area contributed by atoms with E-state index in [0.717, 1.165) is 31.4 Å². The number of aryl methyl sites for hydroxylation is 1. The third-order valence-electron chi connectivity index (χ3n) is 2.46. The second-order valence-corrected chi connectivity index (χ2v) is 5.75. The molecule has 0 aliphatic heterocycles. The van der Waals surface area contributed by atoms with E-state index in [4.69, 9.17) is 23.2 Å². The highest BCUT2D eigenvalue weighted by molar-refractivity contribution is 7.03. The van der Waals surface area contributed by atoms with Crippen LogP contribution in [0.2, 0.25) is 0 Å². The Bertz CT molecular complexity index is 291. The molecule has 1 heterocycles. The minimum atomic E-state index is -0.216. The SMILES string of the molecule is Oc1csnc1CCCCCCCC(Cl)Cl. The molecule has 0 fully saturated rings. The Kier molecular flexibility index (Phi) is 7.17. The second-order valence-electron chi connectivity index (χ2n) is 3.84. The maximum Gasteiger partial charge on any atom is 0.149 e. The van der Waals surface area contributed by atoms with Crippen LogP contribution in [0.3, 0.4) is 0 Å². The molecular weight excluding hydrogens is 265 g/mol. The molecule has 1 aromatic rings. The number of aromatic nitrogens is 1. The monoisotopic (exact) mass is 281 g/mol. The zero-order chi connectivity index (χ0) is 11.8. The van der Waals surface area contributed by atoms with Gasteiger partial charge in [-0.25, -0.2) is 0 Å². The van der Waals surface area contributed by atoms with Gasteiger partial charge in [0.2, 0.25) is 0 Å². The van der Waals surface area contributed by atoms with Gasteiger partial charge in [0, 0.05) is 0 Å². The lowest BCUT2D eigenvalue weighted by Crippen LogP contribution is -1.89. The van der Waals surface area contributed by atoms with E-state index in [2.05, 4.69) is 4.37 Å². The standard InChI is InChI=1S/C11H17Cl2NOS/c12-11(13)7-5-3-1-2-4-6-9-10(15)8-16-14-9/h8,11,15H,1-7H2. The largest absolute Gasteiger partial charge is 0.505 e. The maximum absolute atomic E-state index is 9.37. The smallest absolute Gasteiger partial charge is 0.149 e. The predicted molar refractivity (Wildman–Crippen MR) is 70.7 cm³/mol. The van der Waals surface area contributed by atoms with E-state index in [-0.39, 0.29) is 4.84 Å². The topological polar surface area (TPSA) is 33.1 Å². The fraction of sp³-hybridized carbons (Fsp3) is 0.727. The Morgan fingerprint density at radius 1 is 1.19 bits per heavy atom. The molecule has 0 saturated heterocycles. The summed E-state index contributed by atoms with van der Waals surface area (Å²) in [6.45, 7) is 0. The lowest BCUT2D eigenvalue weighted by Gasteiger charge is -2.01. The lowest BCUT2D eigenvalue weighted by atomic mass is 10.1. The molecule has 0 aliphatic rings. The van der Waals surface area contributed by atoms with Crippen LogP contribution in [-0.2, 0) is 6.42 Å². The Balaban J connectivity index is 1.94. The highest BCUT2D eigenvalue weighted by atomic mass is 35.5. The van der Waals surface area contributed by atoms with Crippen molar-refractivity contribution < 1.29 is 5.11 Å². The van der Waals surface area contributed by atoms with Crippen LogP contribution in [0.4, 0.5) is 0 Å². The summed E-state index contributed by atoms with van der Waals surface area (Å²) in [6, 6.07) is 0. The van der Waals surface area contributed by atoms with Crippen LogP contribution in [0.5, 0.6) is 5.75 Å². The highest BCUT2D eigenvalue weighted by Gasteiger charge is 2.03. The molecule has 0 radical (unpaired) electrons. The van der Waals surface area contributed by atoms with Crippen LogP contribution < -0.4 is 0 Å². The van der Waals surface area contributed by atoms with Crippen molar-refractivity contribution in [2.45, 2.75) is 49.8 Å². The average Bonchev–Trinajstić information content (AvgIpc) is 2.62. The molecular formula is C11H17Cl2NOS. The second kappa shape index (κ2) is 8.15. The summed E-state index contributed by atoms with van der Waals surface area (Å²) >= 11 is 12.6. The number of rotatable bonds is 8. The van der Waals surface area contributed by atoms with Crippen molar-refractivity contribution in [1.29, 1.82) is 0 Å². The zero-order valence-electron chi connectivity index (χ0n) is 9.16. The first-order valence-corrected chi connectivity index (χ1v) is 7.31. The van der Waals surface area contributed by atoms with Gasteiger partial charge < -0.3 is 5.11 Å². The minimum Gasteiger partial charge on any atom is -0.505 e. The zero-order valence-corrected chi connectivity index (χ0v) is 11.5. The Hall–Kier alpha value is 0.01000. The first-order valence-electron chi connectivity index (χ1n) is 5.60. The number of halogens is 2. The quantitative estimate of drug-likeness (QED) is 0.561. The normalized spacial score (nSPS) is 11.2. The summed E-state index contributed by atoms with van der Waals surface area (Å²) in [7, 11) is 0. The van der Waals surface area contributed by atoms with Gasteiger partial charge in [0.1, 0.15) is 10.6 Å². The van der Waals surface area contributed by atoms with Crippen molar-refractivity contribution in [3.05, 3.63) is 11.1 Å². The number of hydrogen-bond acceptors (Lipinski definition) is 3. The van der Waals surface area contributed by atoms with Crippen LogP contribution >= 0.6 is 34.7 Å². The summed E-state index contributed by atoms with van der Waals surface area (Å²) in [5, 5.41) is 11.0. The summed E-state index contributed by atoms with van der Waals surface area (Å²) in [5.41, 5.74) is 0.839. The molecule has 0 aliphatic carbocycles. The first-order chi connectivity index (χ1) is 7.70. The molecule has 0 bridgehead atoms. The Morgan fingerprint density at radius 2 is 1.88 bits per heavy atom. The minimum absolute atomic E-state index is 0.216. The van der Waals surface area contributed by atoms with Gasteiger partial charge in [-0.05, 0) is 30.8 Å². The van der Waals surface area contributed by atoms with E-state index in [1.165, 1.54) is 30.8 Å². The van der Waals surface area contributed by atoms with Crippen molar-refractivity contribution in [2.24, 2.45) is 0 Å². The number of unbranched alkanes of at least 4 members (excludes halogenated alkanes) is 4. The Morgan fingerprint density at radius 3 is 2.50 bits per heavy atom. The molecule has 5 heteroatoms. The van der Waals surface area contributed by atoms with Crippen LogP contribution in [0.25, 0.3) is 0 Å². The van der Waals surface area contributed by atoms with Crippen LogP contribution in [-0.4, -0.2) is 14.3 Å². The van der Waals surface area contributed by atoms with E-state index in [1.54, 1.807) is 5.38 Å². The number of aromatic hydroxyl groups is 1. The third kappa shape index (κ3) is 5.92. The maximum atomic E-state index is 9.37. The summed E-state index contributed by atoms with van der Waals surface area (Å²) in [5.74, 6) is 0.345. The summed E-state index contributed by atoms with van der Waals surface area (Å²) in [6.07, 6.45) is 7.50. The molecule has 1 aromatic heterocycles.